The van der Waals surface area contributed by atoms with Gasteiger partial charge in [-0.2, -0.15) is 0 Å². The highest BCUT2D eigenvalue weighted by Crippen LogP contribution is 2.24. The molecule has 0 N–H and O–H groups in total. The molecule has 0 bridgehead atoms. The van der Waals surface area contributed by atoms with Crippen molar-refractivity contribution in [1.29, 1.82) is 0 Å². The second-order valence-corrected chi connectivity index (χ2v) is 4.68. The average molecular weight is 248 g/mol. The van der Waals surface area contributed by atoms with E-state index in [0.717, 1.165) is 29.8 Å². The van der Waals surface area contributed by atoms with Gasteiger partial charge in [-0.05, 0) is 18.9 Å². The van der Waals surface area contributed by atoms with Gasteiger partial charge in [0.15, 0.2) is 0 Å². The summed E-state index contributed by atoms with van der Waals surface area (Å²) in [4.78, 5) is 11.3. The van der Waals surface area contributed by atoms with Crippen molar-refractivity contribution in [1.82, 2.24) is 9.97 Å². The minimum Gasteiger partial charge on any atom is -0.337 e. The highest BCUT2D eigenvalue weighted by atomic mass is 35.5. The Hall–Kier alpha value is -1.35. The second-order valence-electron chi connectivity index (χ2n) is 4.37. The molecule has 0 radical (unpaired) electrons. The van der Waals surface area contributed by atoms with Crippen molar-refractivity contribution in [2.75, 3.05) is 17.3 Å². The number of aromatic nitrogens is 2. The summed E-state index contributed by atoms with van der Waals surface area (Å²) < 4.78 is 0. The van der Waals surface area contributed by atoms with Gasteiger partial charge < -0.3 is 4.90 Å². The summed E-state index contributed by atoms with van der Waals surface area (Å²) in [6.45, 7) is 1.01. The molecule has 1 fully saturated rings. The molecule has 88 valence electrons. The third-order valence-electron chi connectivity index (χ3n) is 3.29. The molecule has 0 spiro atoms. The molecule has 2 aromatic rings. The first kappa shape index (κ1) is 10.8. The van der Waals surface area contributed by atoms with Crippen LogP contribution in [0.5, 0.6) is 0 Å². The molecule has 1 aromatic carbocycles. The van der Waals surface area contributed by atoms with Crippen molar-refractivity contribution in [2.24, 2.45) is 0 Å². The maximum Gasteiger partial charge on any atom is 0.226 e. The highest BCUT2D eigenvalue weighted by Gasteiger charge is 2.25. The number of alkyl halides is 1. The molecule has 1 unspecified atom stereocenters. The maximum absolute atomic E-state index is 5.97. The van der Waals surface area contributed by atoms with Crippen LogP contribution in [-0.2, 0) is 0 Å². The number of fused-ring (bicyclic) bond motifs is 1. The van der Waals surface area contributed by atoms with Crippen molar-refractivity contribution >= 4 is 28.5 Å². The lowest BCUT2D eigenvalue weighted by molar-refractivity contribution is 0.725. The first-order valence-corrected chi connectivity index (χ1v) is 6.46. The van der Waals surface area contributed by atoms with Crippen LogP contribution in [0, 0.1) is 0 Å². The Labute approximate surface area is 105 Å². The Morgan fingerprint density at radius 1 is 1.35 bits per heavy atom. The molecule has 17 heavy (non-hydrogen) atoms. The summed E-state index contributed by atoms with van der Waals surface area (Å²) >= 11 is 5.97. The molecule has 3 rings (SSSR count). The predicted molar refractivity (Wildman–Crippen MR) is 70.6 cm³/mol. The van der Waals surface area contributed by atoms with Gasteiger partial charge in [-0.1, -0.05) is 18.2 Å². The molecular weight excluding hydrogens is 234 g/mol. The largest absolute Gasteiger partial charge is 0.337 e. The van der Waals surface area contributed by atoms with E-state index in [1.54, 1.807) is 0 Å². The molecule has 3 nitrogen and oxygen atoms in total. The summed E-state index contributed by atoms with van der Waals surface area (Å²) in [6, 6.07) is 8.44. The number of nitrogens with zero attached hydrogens (tertiary/aromatic N) is 3. The summed E-state index contributed by atoms with van der Waals surface area (Å²) in [5.41, 5.74) is 0.998. The molecule has 0 aliphatic carbocycles. The van der Waals surface area contributed by atoms with E-state index in [-0.39, 0.29) is 0 Å². The van der Waals surface area contributed by atoms with E-state index in [1.807, 2.05) is 30.5 Å². The van der Waals surface area contributed by atoms with E-state index in [4.69, 9.17) is 11.6 Å². The van der Waals surface area contributed by atoms with Crippen LogP contribution in [0.4, 0.5) is 5.95 Å². The Kier molecular flexibility index (Phi) is 2.85. The lowest BCUT2D eigenvalue weighted by Gasteiger charge is -2.22. The van der Waals surface area contributed by atoms with E-state index in [2.05, 4.69) is 14.9 Å². The fraction of sp³-hybridized carbons (Fsp3) is 0.385. The Balaban J connectivity index is 2.00. The van der Waals surface area contributed by atoms with Gasteiger partial charge in [0.05, 0.1) is 5.52 Å². The summed E-state index contributed by atoms with van der Waals surface area (Å²) in [6.07, 6.45) is 4.20. The quantitative estimate of drug-likeness (QED) is 0.765. The maximum atomic E-state index is 5.97. The molecule has 0 saturated carbocycles. The van der Waals surface area contributed by atoms with Gasteiger partial charge in [-0.25, -0.2) is 9.97 Å². The van der Waals surface area contributed by atoms with Gasteiger partial charge in [0, 0.05) is 30.0 Å². The van der Waals surface area contributed by atoms with Crippen LogP contribution >= 0.6 is 11.6 Å². The molecule has 1 aliphatic rings. The van der Waals surface area contributed by atoms with Crippen LogP contribution in [0.25, 0.3) is 10.9 Å². The van der Waals surface area contributed by atoms with Crippen LogP contribution in [0.1, 0.15) is 12.8 Å². The Bertz CT molecular complexity index is 529. The molecule has 4 heteroatoms. The normalized spacial score (nSPS) is 20.1. The van der Waals surface area contributed by atoms with Gasteiger partial charge in [-0.3, -0.25) is 0 Å². The second kappa shape index (κ2) is 4.49. The first-order valence-electron chi connectivity index (χ1n) is 5.93. The van der Waals surface area contributed by atoms with Crippen molar-refractivity contribution in [3.63, 3.8) is 0 Å². The molecule has 1 saturated heterocycles. The smallest absolute Gasteiger partial charge is 0.226 e. The first-order chi connectivity index (χ1) is 8.38. The van der Waals surface area contributed by atoms with Crippen LogP contribution in [-0.4, -0.2) is 28.4 Å². The van der Waals surface area contributed by atoms with Gasteiger partial charge >= 0.3 is 0 Å². The fourth-order valence-corrected chi connectivity index (χ4v) is 2.68. The molecule has 1 aliphatic heterocycles. The summed E-state index contributed by atoms with van der Waals surface area (Å²) in [5.74, 6) is 1.46. The number of hydrogen-bond donors (Lipinski definition) is 0. The standard InChI is InChI=1S/C13H14ClN3/c14-8-11-5-3-7-17(11)13-15-9-10-4-1-2-6-12(10)16-13/h1-2,4,6,9,11H,3,5,7-8H2. The summed E-state index contributed by atoms with van der Waals surface area (Å²) in [7, 11) is 0. The number of halogens is 1. The predicted octanol–water partition coefficient (Wildman–Crippen LogP) is 2.84. The van der Waals surface area contributed by atoms with Crippen LogP contribution in [0.3, 0.4) is 0 Å². The van der Waals surface area contributed by atoms with Crippen molar-refractivity contribution < 1.29 is 0 Å². The van der Waals surface area contributed by atoms with Crippen molar-refractivity contribution in [2.45, 2.75) is 18.9 Å². The lowest BCUT2D eigenvalue weighted by Crippen LogP contribution is -2.31. The molecule has 0 amide bonds. The van der Waals surface area contributed by atoms with Crippen molar-refractivity contribution in [3.05, 3.63) is 30.5 Å². The van der Waals surface area contributed by atoms with Gasteiger partial charge in [0.1, 0.15) is 0 Å². The van der Waals surface area contributed by atoms with E-state index >= 15 is 0 Å². The zero-order valence-electron chi connectivity index (χ0n) is 9.51. The number of hydrogen-bond acceptors (Lipinski definition) is 3. The lowest BCUT2D eigenvalue weighted by atomic mass is 10.2. The third-order valence-corrected chi connectivity index (χ3v) is 3.64. The van der Waals surface area contributed by atoms with Gasteiger partial charge in [0.2, 0.25) is 5.95 Å². The fourth-order valence-electron chi connectivity index (χ4n) is 2.36. The third kappa shape index (κ3) is 1.95. The van der Waals surface area contributed by atoms with Crippen LogP contribution < -0.4 is 4.90 Å². The van der Waals surface area contributed by atoms with E-state index < -0.39 is 0 Å². The SMILES string of the molecule is ClCC1CCCN1c1ncc2ccccc2n1. The molecular formula is C13H14ClN3. The number of para-hydroxylation sites is 1. The molecule has 2 heterocycles. The number of rotatable bonds is 2. The topological polar surface area (TPSA) is 29.0 Å². The van der Waals surface area contributed by atoms with E-state index in [0.29, 0.717) is 11.9 Å². The Morgan fingerprint density at radius 2 is 2.24 bits per heavy atom. The zero-order chi connectivity index (χ0) is 11.7. The van der Waals surface area contributed by atoms with Gasteiger partial charge in [-0.15, -0.1) is 11.6 Å². The minimum atomic E-state index is 0.387. The molecule has 1 atom stereocenters. The van der Waals surface area contributed by atoms with Gasteiger partial charge in [0.25, 0.3) is 0 Å². The Morgan fingerprint density at radius 3 is 3.12 bits per heavy atom. The molecule has 1 aromatic heterocycles. The zero-order valence-corrected chi connectivity index (χ0v) is 10.3. The number of benzene rings is 1. The van der Waals surface area contributed by atoms with E-state index in [1.165, 1.54) is 6.42 Å². The monoisotopic (exact) mass is 247 g/mol. The van der Waals surface area contributed by atoms with Crippen LogP contribution in [0.15, 0.2) is 30.5 Å². The van der Waals surface area contributed by atoms with Crippen LogP contribution in [0.2, 0.25) is 0 Å². The average Bonchev–Trinajstić information content (AvgIpc) is 2.86. The van der Waals surface area contributed by atoms with E-state index in [9.17, 15) is 0 Å². The highest BCUT2D eigenvalue weighted by molar-refractivity contribution is 6.18. The number of anilines is 1. The van der Waals surface area contributed by atoms with Crippen molar-refractivity contribution in [3.8, 4) is 0 Å². The minimum absolute atomic E-state index is 0.387. The summed E-state index contributed by atoms with van der Waals surface area (Å²) in [5, 5.41) is 1.08.